The molecule has 0 saturated heterocycles. The zero-order valence-electron chi connectivity index (χ0n) is 8.32. The second kappa shape index (κ2) is 4.31. The van der Waals surface area contributed by atoms with E-state index < -0.39 is 6.61 Å². The minimum Gasteiger partial charge on any atom is -0.493 e. The number of fused-ring (bicyclic) bond motifs is 1. The Bertz CT molecular complexity index is 376. The molecule has 1 amide bonds. The van der Waals surface area contributed by atoms with Crippen LogP contribution >= 0.6 is 0 Å². The topological polar surface area (TPSA) is 58.6 Å². The molecule has 0 aromatic heterocycles. The molecule has 0 aliphatic carbocycles. The average Bonchev–Trinajstić information content (AvgIpc) is 2.72. The maximum Gasteiger partial charge on any atom is 0.245 e. The van der Waals surface area contributed by atoms with Gasteiger partial charge in [-0.15, -0.1) is 0 Å². The van der Waals surface area contributed by atoms with Crippen molar-refractivity contribution in [3.63, 3.8) is 0 Å². The number of ether oxygens (including phenoxy) is 1. The first kappa shape index (κ1) is 9.98. The third-order valence-corrected chi connectivity index (χ3v) is 2.39. The predicted molar refractivity (Wildman–Crippen MR) is 54.6 cm³/mol. The van der Waals surface area contributed by atoms with Crippen LogP contribution in [0.25, 0.3) is 0 Å². The van der Waals surface area contributed by atoms with Crippen molar-refractivity contribution in [1.29, 1.82) is 0 Å². The van der Waals surface area contributed by atoms with Crippen molar-refractivity contribution in [3.05, 3.63) is 29.3 Å². The molecule has 1 heterocycles. The molecule has 0 atom stereocenters. The highest BCUT2D eigenvalue weighted by atomic mass is 16.5. The average molecular weight is 207 g/mol. The summed E-state index contributed by atoms with van der Waals surface area (Å²) in [5.74, 6) is 0.582. The molecular weight excluding hydrogens is 194 g/mol. The van der Waals surface area contributed by atoms with E-state index in [4.69, 9.17) is 9.84 Å². The first-order valence-corrected chi connectivity index (χ1v) is 4.92. The quantitative estimate of drug-likeness (QED) is 0.746. The summed E-state index contributed by atoms with van der Waals surface area (Å²) in [5, 5.41) is 11.1. The molecule has 80 valence electrons. The standard InChI is InChI=1S/C11H13NO3/c13-7-11(14)12-6-8-1-2-10-9(5-8)3-4-15-10/h1-2,5,13H,3-4,6-7H2,(H,12,14). The van der Waals surface area contributed by atoms with Crippen LogP contribution in [0, 0.1) is 0 Å². The number of hydrogen-bond acceptors (Lipinski definition) is 3. The lowest BCUT2D eigenvalue weighted by Crippen LogP contribution is -2.25. The lowest BCUT2D eigenvalue weighted by molar-refractivity contribution is -0.123. The summed E-state index contributed by atoms with van der Waals surface area (Å²) in [6, 6.07) is 5.87. The molecule has 0 saturated carbocycles. The summed E-state index contributed by atoms with van der Waals surface area (Å²) in [6.45, 7) is 0.725. The van der Waals surface area contributed by atoms with Crippen LogP contribution in [0.3, 0.4) is 0 Å². The number of carbonyl (C=O) groups is 1. The van der Waals surface area contributed by atoms with E-state index >= 15 is 0 Å². The highest BCUT2D eigenvalue weighted by molar-refractivity contribution is 5.76. The molecule has 0 spiro atoms. The number of hydrogen-bond donors (Lipinski definition) is 2. The SMILES string of the molecule is O=C(CO)NCc1ccc2c(c1)CCO2. The lowest BCUT2D eigenvalue weighted by atomic mass is 10.1. The van der Waals surface area contributed by atoms with Gasteiger partial charge in [-0.2, -0.15) is 0 Å². The Labute approximate surface area is 87.9 Å². The number of aliphatic hydroxyl groups is 1. The number of carbonyl (C=O) groups excluding carboxylic acids is 1. The Hall–Kier alpha value is -1.55. The first-order valence-electron chi connectivity index (χ1n) is 4.92. The number of amides is 1. The van der Waals surface area contributed by atoms with Gasteiger partial charge >= 0.3 is 0 Å². The van der Waals surface area contributed by atoms with Gasteiger partial charge in [0, 0.05) is 13.0 Å². The molecule has 0 fully saturated rings. The Morgan fingerprint density at radius 3 is 3.20 bits per heavy atom. The van der Waals surface area contributed by atoms with Crippen molar-refractivity contribution in [2.24, 2.45) is 0 Å². The summed E-state index contributed by atoms with van der Waals surface area (Å²) in [6.07, 6.45) is 0.928. The van der Waals surface area contributed by atoms with Crippen LogP contribution in [0.2, 0.25) is 0 Å². The molecule has 1 aliphatic heterocycles. The van der Waals surface area contributed by atoms with Gasteiger partial charge in [-0.3, -0.25) is 4.79 Å². The Morgan fingerprint density at radius 1 is 1.53 bits per heavy atom. The molecule has 15 heavy (non-hydrogen) atoms. The van der Waals surface area contributed by atoms with Crippen molar-refractivity contribution in [1.82, 2.24) is 5.32 Å². The van der Waals surface area contributed by atoms with E-state index in [0.717, 1.165) is 24.3 Å². The fourth-order valence-corrected chi connectivity index (χ4v) is 1.61. The van der Waals surface area contributed by atoms with E-state index in [2.05, 4.69) is 5.32 Å². The van der Waals surface area contributed by atoms with Crippen LogP contribution in [0.1, 0.15) is 11.1 Å². The van der Waals surface area contributed by atoms with E-state index in [1.54, 1.807) is 0 Å². The van der Waals surface area contributed by atoms with Gasteiger partial charge in [0.1, 0.15) is 12.4 Å². The van der Waals surface area contributed by atoms with Crippen molar-refractivity contribution >= 4 is 5.91 Å². The second-order valence-corrected chi connectivity index (χ2v) is 3.48. The summed E-state index contributed by atoms with van der Waals surface area (Å²) < 4.78 is 5.37. The summed E-state index contributed by atoms with van der Waals surface area (Å²) in [4.78, 5) is 10.8. The van der Waals surface area contributed by atoms with Crippen LogP contribution in [0.5, 0.6) is 5.75 Å². The van der Waals surface area contributed by atoms with Crippen LogP contribution in [0.4, 0.5) is 0 Å². The van der Waals surface area contributed by atoms with Gasteiger partial charge in [-0.25, -0.2) is 0 Å². The van der Waals surface area contributed by atoms with E-state index in [1.165, 1.54) is 5.56 Å². The first-order chi connectivity index (χ1) is 7.29. The highest BCUT2D eigenvalue weighted by Crippen LogP contribution is 2.25. The van der Waals surface area contributed by atoms with Crippen molar-refractivity contribution < 1.29 is 14.6 Å². The third-order valence-electron chi connectivity index (χ3n) is 2.39. The molecule has 0 unspecified atom stereocenters. The van der Waals surface area contributed by atoms with Gasteiger partial charge in [0.05, 0.1) is 6.61 Å². The third kappa shape index (κ3) is 2.27. The second-order valence-electron chi connectivity index (χ2n) is 3.48. The van der Waals surface area contributed by atoms with E-state index in [9.17, 15) is 4.79 Å². The summed E-state index contributed by atoms with van der Waals surface area (Å²) in [7, 11) is 0. The minimum atomic E-state index is -0.464. The summed E-state index contributed by atoms with van der Waals surface area (Å²) >= 11 is 0. The largest absolute Gasteiger partial charge is 0.493 e. The molecule has 2 N–H and O–H groups in total. The number of benzene rings is 1. The van der Waals surface area contributed by atoms with E-state index in [0.29, 0.717) is 6.54 Å². The number of aliphatic hydroxyl groups excluding tert-OH is 1. The summed E-state index contributed by atoms with van der Waals surface area (Å²) in [5.41, 5.74) is 2.21. The van der Waals surface area contributed by atoms with Crippen LogP contribution in [-0.2, 0) is 17.8 Å². The van der Waals surface area contributed by atoms with Crippen molar-refractivity contribution in [2.75, 3.05) is 13.2 Å². The van der Waals surface area contributed by atoms with Crippen LogP contribution in [-0.4, -0.2) is 24.2 Å². The smallest absolute Gasteiger partial charge is 0.245 e. The lowest BCUT2D eigenvalue weighted by Gasteiger charge is -2.05. The van der Waals surface area contributed by atoms with Gasteiger partial charge in [0.15, 0.2) is 0 Å². The van der Waals surface area contributed by atoms with Gasteiger partial charge in [0.2, 0.25) is 5.91 Å². The fourth-order valence-electron chi connectivity index (χ4n) is 1.61. The molecule has 0 bridgehead atoms. The van der Waals surface area contributed by atoms with Gasteiger partial charge < -0.3 is 15.2 Å². The van der Waals surface area contributed by atoms with E-state index in [-0.39, 0.29) is 5.91 Å². The monoisotopic (exact) mass is 207 g/mol. The Kier molecular flexibility index (Phi) is 2.87. The van der Waals surface area contributed by atoms with Crippen molar-refractivity contribution in [2.45, 2.75) is 13.0 Å². The molecule has 1 aromatic rings. The van der Waals surface area contributed by atoms with E-state index in [1.807, 2.05) is 18.2 Å². The predicted octanol–water partition coefficient (Wildman–Crippen LogP) is 0.230. The van der Waals surface area contributed by atoms with Gasteiger partial charge in [-0.1, -0.05) is 12.1 Å². The van der Waals surface area contributed by atoms with Gasteiger partial charge in [-0.05, 0) is 17.2 Å². The molecule has 1 aliphatic rings. The maximum absolute atomic E-state index is 10.8. The number of nitrogens with one attached hydrogen (secondary N) is 1. The van der Waals surface area contributed by atoms with Crippen LogP contribution < -0.4 is 10.1 Å². The zero-order chi connectivity index (χ0) is 10.7. The van der Waals surface area contributed by atoms with Crippen LogP contribution in [0.15, 0.2) is 18.2 Å². The van der Waals surface area contributed by atoms with Crippen molar-refractivity contribution in [3.8, 4) is 5.75 Å². The molecule has 0 radical (unpaired) electrons. The fraction of sp³-hybridized carbons (Fsp3) is 0.364. The minimum absolute atomic E-state index is 0.355. The normalized spacial score (nSPS) is 13.1. The van der Waals surface area contributed by atoms with Gasteiger partial charge in [0.25, 0.3) is 0 Å². The Morgan fingerprint density at radius 2 is 2.40 bits per heavy atom. The molecule has 2 rings (SSSR count). The highest BCUT2D eigenvalue weighted by Gasteiger charge is 2.11. The zero-order valence-corrected chi connectivity index (χ0v) is 8.32. The molecule has 4 nitrogen and oxygen atoms in total. The maximum atomic E-state index is 10.8. The molecule has 4 heteroatoms. The molecular formula is C11H13NO3. The Balaban J connectivity index is 2.01. The number of rotatable bonds is 3. The molecule has 1 aromatic carbocycles.